The first kappa shape index (κ1) is 12.8. The molecule has 0 saturated heterocycles. The van der Waals surface area contributed by atoms with Crippen molar-refractivity contribution in [3.8, 4) is 11.4 Å². The third-order valence-electron chi connectivity index (χ3n) is 2.76. The van der Waals surface area contributed by atoms with Crippen LogP contribution in [0.4, 0.5) is 5.69 Å². The summed E-state index contributed by atoms with van der Waals surface area (Å²) in [6, 6.07) is 5.35. The van der Waals surface area contributed by atoms with Gasteiger partial charge < -0.3 is 5.73 Å². The van der Waals surface area contributed by atoms with Gasteiger partial charge in [-0.3, -0.25) is 0 Å². The van der Waals surface area contributed by atoms with Crippen molar-refractivity contribution in [1.82, 2.24) is 20.2 Å². The molecular weight excluding hydrogens is 250 g/mol. The van der Waals surface area contributed by atoms with Crippen molar-refractivity contribution in [2.75, 3.05) is 5.73 Å². The largest absolute Gasteiger partial charge is 0.398 e. The number of aryl methyl sites for hydroxylation is 1. The highest BCUT2D eigenvalue weighted by molar-refractivity contribution is 6.31. The minimum absolute atomic E-state index is 0.592. The van der Waals surface area contributed by atoms with Crippen molar-refractivity contribution in [2.24, 2.45) is 0 Å². The SMILES string of the molecule is CCCCCn1nnnc1-c1ccc(Cl)cc1N. The van der Waals surface area contributed by atoms with E-state index in [0.717, 1.165) is 24.9 Å². The predicted molar refractivity (Wildman–Crippen MR) is 72.2 cm³/mol. The molecule has 0 fully saturated rings. The van der Waals surface area contributed by atoms with Crippen LogP contribution in [0.15, 0.2) is 18.2 Å². The van der Waals surface area contributed by atoms with E-state index in [-0.39, 0.29) is 0 Å². The Labute approximate surface area is 111 Å². The van der Waals surface area contributed by atoms with E-state index in [1.54, 1.807) is 16.8 Å². The molecule has 18 heavy (non-hydrogen) atoms. The number of hydrogen-bond donors (Lipinski definition) is 1. The molecule has 2 aromatic rings. The van der Waals surface area contributed by atoms with Crippen molar-refractivity contribution in [3.05, 3.63) is 23.2 Å². The summed E-state index contributed by atoms with van der Waals surface area (Å²) in [6.45, 7) is 2.97. The Kier molecular flexibility index (Phi) is 4.15. The molecule has 0 amide bonds. The molecule has 1 aromatic heterocycles. The monoisotopic (exact) mass is 265 g/mol. The van der Waals surface area contributed by atoms with E-state index in [0.29, 0.717) is 16.5 Å². The van der Waals surface area contributed by atoms with Crippen LogP contribution < -0.4 is 5.73 Å². The van der Waals surface area contributed by atoms with Crippen molar-refractivity contribution in [1.29, 1.82) is 0 Å². The minimum atomic E-state index is 0.592. The van der Waals surface area contributed by atoms with Crippen LogP contribution in [0.1, 0.15) is 26.2 Å². The Morgan fingerprint density at radius 3 is 2.89 bits per heavy atom. The predicted octanol–water partition coefficient (Wildman–Crippen LogP) is 2.77. The van der Waals surface area contributed by atoms with Gasteiger partial charge in [-0.05, 0) is 35.0 Å². The fourth-order valence-electron chi connectivity index (χ4n) is 1.80. The summed E-state index contributed by atoms with van der Waals surface area (Å²) in [5, 5.41) is 12.4. The van der Waals surface area contributed by atoms with E-state index in [9.17, 15) is 0 Å². The lowest BCUT2D eigenvalue weighted by Gasteiger charge is -2.06. The van der Waals surface area contributed by atoms with Crippen LogP contribution in [0, 0.1) is 0 Å². The number of nitrogen functional groups attached to an aromatic ring is 1. The van der Waals surface area contributed by atoms with E-state index >= 15 is 0 Å². The van der Waals surface area contributed by atoms with Gasteiger partial charge in [-0.1, -0.05) is 31.4 Å². The summed E-state index contributed by atoms with van der Waals surface area (Å²) in [5.41, 5.74) is 7.35. The van der Waals surface area contributed by atoms with E-state index in [1.165, 1.54) is 6.42 Å². The number of halogens is 1. The molecule has 1 aromatic carbocycles. The van der Waals surface area contributed by atoms with Crippen molar-refractivity contribution in [2.45, 2.75) is 32.7 Å². The molecule has 0 atom stereocenters. The van der Waals surface area contributed by atoms with Gasteiger partial charge in [-0.25, -0.2) is 4.68 Å². The van der Waals surface area contributed by atoms with E-state index in [4.69, 9.17) is 17.3 Å². The molecule has 1 heterocycles. The molecule has 0 aliphatic rings. The summed E-state index contributed by atoms with van der Waals surface area (Å²) in [5.74, 6) is 0.695. The van der Waals surface area contributed by atoms with Gasteiger partial charge in [0.1, 0.15) is 0 Å². The lowest BCUT2D eigenvalue weighted by atomic mass is 10.1. The lowest BCUT2D eigenvalue weighted by molar-refractivity contribution is 0.541. The molecule has 0 saturated carbocycles. The Morgan fingerprint density at radius 1 is 1.33 bits per heavy atom. The van der Waals surface area contributed by atoms with Crippen LogP contribution in [0.25, 0.3) is 11.4 Å². The summed E-state index contributed by atoms with van der Waals surface area (Å²) in [4.78, 5) is 0. The number of nitrogens with zero attached hydrogens (tertiary/aromatic N) is 4. The fourth-order valence-corrected chi connectivity index (χ4v) is 1.98. The zero-order valence-corrected chi connectivity index (χ0v) is 11.1. The number of tetrazole rings is 1. The van der Waals surface area contributed by atoms with Gasteiger partial charge in [-0.15, -0.1) is 5.10 Å². The van der Waals surface area contributed by atoms with Gasteiger partial charge in [0.2, 0.25) is 0 Å². The average molecular weight is 266 g/mol. The maximum absolute atomic E-state index is 5.94. The van der Waals surface area contributed by atoms with Gasteiger partial charge in [0.25, 0.3) is 0 Å². The first-order chi connectivity index (χ1) is 8.72. The Morgan fingerprint density at radius 2 is 2.17 bits per heavy atom. The molecule has 2 rings (SSSR count). The maximum atomic E-state index is 5.94. The van der Waals surface area contributed by atoms with Gasteiger partial charge in [0.05, 0.1) is 0 Å². The molecule has 96 valence electrons. The summed E-state index contributed by atoms with van der Waals surface area (Å²) in [6.07, 6.45) is 3.39. The molecule has 2 N–H and O–H groups in total. The second-order valence-electron chi connectivity index (χ2n) is 4.16. The quantitative estimate of drug-likeness (QED) is 0.667. The van der Waals surface area contributed by atoms with Crippen LogP contribution in [-0.2, 0) is 6.54 Å². The van der Waals surface area contributed by atoms with Gasteiger partial charge in [-0.2, -0.15) is 0 Å². The minimum Gasteiger partial charge on any atom is -0.398 e. The standard InChI is InChI=1S/C12H16ClN5/c1-2-3-4-7-18-12(15-16-17-18)10-6-5-9(13)8-11(10)14/h5-6,8H,2-4,7,14H2,1H3. The number of aromatic nitrogens is 4. The highest BCUT2D eigenvalue weighted by atomic mass is 35.5. The van der Waals surface area contributed by atoms with Crippen LogP contribution >= 0.6 is 11.6 Å². The van der Waals surface area contributed by atoms with Crippen LogP contribution in [0.2, 0.25) is 5.02 Å². The molecular formula is C12H16ClN5. The Bertz CT molecular complexity index is 523. The highest BCUT2D eigenvalue weighted by Gasteiger charge is 2.11. The third kappa shape index (κ3) is 2.79. The lowest BCUT2D eigenvalue weighted by Crippen LogP contribution is -2.04. The number of rotatable bonds is 5. The number of anilines is 1. The summed E-state index contributed by atoms with van der Waals surface area (Å²) < 4.78 is 1.79. The smallest absolute Gasteiger partial charge is 0.184 e. The van der Waals surface area contributed by atoms with Crippen LogP contribution in [-0.4, -0.2) is 20.2 Å². The topological polar surface area (TPSA) is 69.6 Å². The fraction of sp³-hybridized carbons (Fsp3) is 0.417. The van der Waals surface area contributed by atoms with Crippen LogP contribution in [0.3, 0.4) is 0 Å². The first-order valence-electron chi connectivity index (χ1n) is 6.04. The zero-order chi connectivity index (χ0) is 13.0. The van der Waals surface area contributed by atoms with E-state index in [2.05, 4.69) is 22.4 Å². The molecule has 5 nitrogen and oxygen atoms in total. The highest BCUT2D eigenvalue weighted by Crippen LogP contribution is 2.26. The molecule has 6 heteroatoms. The number of unbranched alkanes of at least 4 members (excludes halogenated alkanes) is 2. The summed E-state index contributed by atoms with van der Waals surface area (Å²) in [7, 11) is 0. The van der Waals surface area contributed by atoms with Gasteiger partial charge >= 0.3 is 0 Å². The normalized spacial score (nSPS) is 10.8. The number of hydrogen-bond acceptors (Lipinski definition) is 4. The molecule has 0 bridgehead atoms. The number of benzene rings is 1. The molecule has 0 unspecified atom stereocenters. The Balaban J connectivity index is 2.25. The first-order valence-corrected chi connectivity index (χ1v) is 6.41. The zero-order valence-electron chi connectivity index (χ0n) is 10.3. The van der Waals surface area contributed by atoms with Gasteiger partial charge in [0, 0.05) is 22.8 Å². The second-order valence-corrected chi connectivity index (χ2v) is 4.60. The number of nitrogens with two attached hydrogens (primary N) is 1. The molecule has 0 aliphatic carbocycles. The van der Waals surface area contributed by atoms with Gasteiger partial charge in [0.15, 0.2) is 5.82 Å². The Hall–Kier alpha value is -1.62. The third-order valence-corrected chi connectivity index (χ3v) is 2.99. The van der Waals surface area contributed by atoms with Crippen LogP contribution in [0.5, 0.6) is 0 Å². The molecule has 0 aliphatic heterocycles. The molecule has 0 spiro atoms. The van der Waals surface area contributed by atoms with Crippen molar-refractivity contribution in [3.63, 3.8) is 0 Å². The van der Waals surface area contributed by atoms with E-state index in [1.807, 2.05) is 6.07 Å². The second kappa shape index (κ2) is 5.82. The maximum Gasteiger partial charge on any atom is 0.184 e. The van der Waals surface area contributed by atoms with Crippen molar-refractivity contribution < 1.29 is 0 Å². The summed E-state index contributed by atoms with van der Waals surface area (Å²) >= 11 is 5.88. The molecule has 0 radical (unpaired) electrons. The van der Waals surface area contributed by atoms with E-state index < -0.39 is 0 Å². The van der Waals surface area contributed by atoms with Crippen molar-refractivity contribution >= 4 is 17.3 Å². The average Bonchev–Trinajstić information content (AvgIpc) is 2.78.